The second-order valence-corrected chi connectivity index (χ2v) is 11.5. The lowest BCUT2D eigenvalue weighted by Gasteiger charge is -2.49. The van der Waals surface area contributed by atoms with Crippen LogP contribution in [0.2, 0.25) is 0 Å². The molecule has 3 rings (SSSR count). The van der Waals surface area contributed by atoms with Crippen molar-refractivity contribution in [1.82, 2.24) is 10.2 Å². The van der Waals surface area contributed by atoms with Gasteiger partial charge in [-0.1, -0.05) is 84.9 Å². The van der Waals surface area contributed by atoms with Gasteiger partial charge in [-0.05, 0) is 17.2 Å². The van der Waals surface area contributed by atoms with Crippen molar-refractivity contribution < 1.29 is 19.1 Å². The molecule has 12 heteroatoms. The number of benzene rings is 1. The summed E-state index contributed by atoms with van der Waals surface area (Å²) in [7, 11) is 0. The predicted molar refractivity (Wildman–Crippen MR) is 125 cm³/mol. The number of β-lactam (4-membered cyclic amide) rings is 1. The fourth-order valence-corrected chi connectivity index (χ4v) is 5.69. The molecule has 1 fully saturated rings. The molecule has 0 unspecified atom stereocenters. The van der Waals surface area contributed by atoms with Gasteiger partial charge in [-0.2, -0.15) is 0 Å². The van der Waals surface area contributed by atoms with Crippen LogP contribution in [-0.2, 0) is 25.5 Å². The van der Waals surface area contributed by atoms with Crippen LogP contribution in [0.1, 0.15) is 5.56 Å². The Balaban J connectivity index is 1.69. The van der Waals surface area contributed by atoms with Crippen molar-refractivity contribution >= 4 is 96.2 Å². The molecule has 2 atom stereocenters. The normalized spacial score (nSPS) is 21.1. The molecule has 2 aliphatic heterocycles. The molecule has 0 aromatic heterocycles. The molecule has 2 heterocycles. The van der Waals surface area contributed by atoms with Gasteiger partial charge in [0, 0.05) is 15.6 Å². The number of halogens is 5. The number of rotatable bonds is 6. The molecule has 0 saturated carbocycles. The zero-order valence-corrected chi connectivity index (χ0v) is 21.4. The fraction of sp³-hybridized carbons (Fsp3) is 0.389. The number of nitrogens with zero attached hydrogens (tertiary/aromatic N) is 1. The third-order valence-electron chi connectivity index (χ3n) is 4.39. The monoisotopic (exact) mass is 618 g/mol. The fourth-order valence-electron chi connectivity index (χ4n) is 3.03. The Kier molecular flexibility index (Phi) is 8.07. The van der Waals surface area contributed by atoms with Crippen molar-refractivity contribution in [3.63, 3.8) is 0 Å². The summed E-state index contributed by atoms with van der Waals surface area (Å²) < 4.78 is 4.14. The Morgan fingerprint density at radius 3 is 2.63 bits per heavy atom. The minimum atomic E-state index is -1.76. The van der Waals surface area contributed by atoms with E-state index in [-0.39, 0.29) is 23.9 Å². The van der Waals surface area contributed by atoms with Crippen LogP contribution in [0.4, 0.5) is 0 Å². The maximum Gasteiger partial charge on any atom is 0.355 e. The Hall–Kier alpha value is -0.450. The van der Waals surface area contributed by atoms with Gasteiger partial charge >= 0.3 is 5.97 Å². The lowest BCUT2D eigenvalue weighted by atomic mass is 10.0. The molecular formula is C18H15Br2Cl3N2O4S. The van der Waals surface area contributed by atoms with Crippen molar-refractivity contribution in [2.45, 2.75) is 21.6 Å². The third kappa shape index (κ3) is 5.48. The van der Waals surface area contributed by atoms with Crippen LogP contribution in [0.15, 0.2) is 40.0 Å². The lowest BCUT2D eigenvalue weighted by molar-refractivity contribution is -0.152. The lowest BCUT2D eigenvalue weighted by Crippen LogP contribution is -2.70. The molecule has 1 N–H and O–H groups in total. The van der Waals surface area contributed by atoms with Gasteiger partial charge in [-0.25, -0.2) is 4.79 Å². The predicted octanol–water partition coefficient (Wildman–Crippen LogP) is 3.95. The van der Waals surface area contributed by atoms with Gasteiger partial charge in [0.25, 0.3) is 5.91 Å². The topological polar surface area (TPSA) is 75.7 Å². The first-order chi connectivity index (χ1) is 14.1. The zero-order valence-electron chi connectivity index (χ0n) is 15.2. The van der Waals surface area contributed by atoms with Crippen molar-refractivity contribution in [2.24, 2.45) is 0 Å². The highest BCUT2D eigenvalue weighted by Gasteiger charge is 2.54. The van der Waals surface area contributed by atoms with Crippen LogP contribution < -0.4 is 5.32 Å². The number of fused-ring (bicyclic) bond motifs is 1. The van der Waals surface area contributed by atoms with Crippen LogP contribution in [0.5, 0.6) is 0 Å². The highest BCUT2D eigenvalue weighted by molar-refractivity contribution is 9.10. The van der Waals surface area contributed by atoms with Crippen LogP contribution in [0.25, 0.3) is 0 Å². The number of carbonyl (C=O) groups excluding carboxylic acids is 3. The molecule has 2 aliphatic rings. The van der Waals surface area contributed by atoms with Gasteiger partial charge in [0.2, 0.25) is 9.70 Å². The second-order valence-electron chi connectivity index (χ2n) is 6.50. The Labute approximate surface area is 209 Å². The minimum Gasteiger partial charge on any atom is -0.456 e. The van der Waals surface area contributed by atoms with Gasteiger partial charge in [-0.3, -0.25) is 14.5 Å². The third-order valence-corrected chi connectivity index (χ3v) is 7.51. The summed E-state index contributed by atoms with van der Waals surface area (Å²) in [5, 5.41) is 2.75. The summed E-state index contributed by atoms with van der Waals surface area (Å²) in [6.45, 7) is -0.443. The number of amides is 2. The number of hydrogen-bond acceptors (Lipinski definition) is 5. The van der Waals surface area contributed by atoms with Crippen LogP contribution in [0, 0.1) is 0 Å². The molecule has 1 aromatic carbocycles. The van der Waals surface area contributed by atoms with E-state index in [1.54, 1.807) is 0 Å². The number of nitrogens with one attached hydrogen (secondary N) is 1. The first-order valence-electron chi connectivity index (χ1n) is 8.61. The first kappa shape index (κ1) is 24.2. The first-order valence-corrected chi connectivity index (χ1v) is 12.7. The highest BCUT2D eigenvalue weighted by Crippen LogP contribution is 2.41. The smallest absolute Gasteiger partial charge is 0.355 e. The molecule has 1 aromatic rings. The quantitative estimate of drug-likeness (QED) is 0.296. The number of hydrogen-bond donors (Lipinski definition) is 1. The van der Waals surface area contributed by atoms with Crippen LogP contribution in [0.3, 0.4) is 0 Å². The molecule has 30 heavy (non-hydrogen) atoms. The number of esters is 1. The van der Waals surface area contributed by atoms with E-state index in [2.05, 4.69) is 37.2 Å². The van der Waals surface area contributed by atoms with Gasteiger partial charge in [0.15, 0.2) is 0 Å². The Morgan fingerprint density at radius 2 is 2.00 bits per heavy atom. The zero-order chi connectivity index (χ0) is 22.1. The van der Waals surface area contributed by atoms with E-state index in [9.17, 15) is 14.4 Å². The maximum atomic E-state index is 12.8. The van der Waals surface area contributed by atoms with E-state index in [0.717, 1.165) is 10.0 Å². The second kappa shape index (κ2) is 10.0. The summed E-state index contributed by atoms with van der Waals surface area (Å²) >= 11 is 25.1. The SMILES string of the molecule is O=C(Cc1ccccc1Br)N[C@@H]1C(=O)N2C(C(=O)OCC(Cl)(Cl)Cl)=C(CBr)CS[C@H]12. The summed E-state index contributed by atoms with van der Waals surface area (Å²) in [6, 6.07) is 6.64. The van der Waals surface area contributed by atoms with E-state index in [4.69, 9.17) is 39.5 Å². The molecule has 0 spiro atoms. The Bertz CT molecular complexity index is 910. The van der Waals surface area contributed by atoms with Gasteiger partial charge < -0.3 is 10.1 Å². The number of thioether (sulfide) groups is 1. The standard InChI is InChI=1S/C18H15Br2Cl3N2O4S/c19-6-10-7-30-16-13(24-12(26)5-9-3-1-2-4-11(9)20)15(27)25(16)14(10)17(28)29-8-18(21,22)23/h1-4,13,16H,5-8H2,(H,24,26)/t13-,16-/m1/s1. The van der Waals surface area contributed by atoms with E-state index >= 15 is 0 Å². The summed E-state index contributed by atoms with van der Waals surface area (Å²) in [5.41, 5.74) is 1.63. The number of carbonyl (C=O) groups is 3. The highest BCUT2D eigenvalue weighted by atomic mass is 79.9. The van der Waals surface area contributed by atoms with Crippen molar-refractivity contribution in [1.29, 1.82) is 0 Å². The van der Waals surface area contributed by atoms with Crippen molar-refractivity contribution in [2.75, 3.05) is 17.7 Å². The van der Waals surface area contributed by atoms with E-state index in [1.165, 1.54) is 16.7 Å². The largest absolute Gasteiger partial charge is 0.456 e. The summed E-state index contributed by atoms with van der Waals surface area (Å²) in [4.78, 5) is 39.2. The van der Waals surface area contributed by atoms with Crippen molar-refractivity contribution in [3.05, 3.63) is 45.6 Å². The molecule has 162 valence electrons. The van der Waals surface area contributed by atoms with E-state index in [0.29, 0.717) is 16.7 Å². The molecule has 2 amide bonds. The average molecular weight is 622 g/mol. The van der Waals surface area contributed by atoms with Gasteiger partial charge in [0.05, 0.1) is 6.42 Å². The van der Waals surface area contributed by atoms with Crippen LogP contribution >= 0.6 is 78.4 Å². The number of alkyl halides is 4. The minimum absolute atomic E-state index is 0.128. The van der Waals surface area contributed by atoms with Crippen molar-refractivity contribution in [3.8, 4) is 0 Å². The molecular weight excluding hydrogens is 606 g/mol. The molecule has 0 aliphatic carbocycles. The Morgan fingerprint density at radius 1 is 1.30 bits per heavy atom. The number of ether oxygens (including phenoxy) is 1. The average Bonchev–Trinajstić information content (AvgIpc) is 2.70. The molecule has 0 bridgehead atoms. The van der Waals surface area contributed by atoms with E-state index < -0.39 is 27.8 Å². The molecule has 1 saturated heterocycles. The van der Waals surface area contributed by atoms with E-state index in [1.807, 2.05) is 24.3 Å². The van der Waals surface area contributed by atoms with Gasteiger partial charge in [0.1, 0.15) is 23.7 Å². The summed E-state index contributed by atoms with van der Waals surface area (Å²) in [6.07, 6.45) is 0.128. The summed E-state index contributed by atoms with van der Waals surface area (Å²) in [5.74, 6) is -0.912. The van der Waals surface area contributed by atoms with Gasteiger partial charge in [-0.15, -0.1) is 11.8 Å². The van der Waals surface area contributed by atoms with Crippen LogP contribution in [-0.4, -0.2) is 55.6 Å². The maximum absolute atomic E-state index is 12.8. The molecule has 6 nitrogen and oxygen atoms in total. The molecule has 0 radical (unpaired) electrons.